The first-order valence-corrected chi connectivity index (χ1v) is 13.8. The number of hydrogen-bond acceptors (Lipinski definition) is 9. The van der Waals surface area contributed by atoms with E-state index < -0.39 is 0 Å². The molecule has 0 spiro atoms. The van der Waals surface area contributed by atoms with E-state index in [2.05, 4.69) is 39.1 Å². The molecule has 0 atom stereocenters. The summed E-state index contributed by atoms with van der Waals surface area (Å²) in [5.74, 6) is 3.75. The first-order valence-electron chi connectivity index (χ1n) is 9.01. The fourth-order valence-corrected chi connectivity index (χ4v) is 7.99. The second-order valence-electron chi connectivity index (χ2n) is 6.07. The third-order valence-corrected chi connectivity index (χ3v) is 10.0. The predicted molar refractivity (Wildman–Crippen MR) is 127 cm³/mol. The molecule has 2 aromatic heterocycles. The summed E-state index contributed by atoms with van der Waals surface area (Å²) in [7, 11) is 0. The van der Waals surface area contributed by atoms with E-state index in [4.69, 9.17) is 4.74 Å². The lowest BCUT2D eigenvalue weighted by Gasteiger charge is -2.21. The third kappa shape index (κ3) is 6.39. The van der Waals surface area contributed by atoms with Crippen LogP contribution in [0.1, 0.15) is 21.4 Å². The van der Waals surface area contributed by atoms with Crippen molar-refractivity contribution in [1.82, 2.24) is 10.2 Å². The van der Waals surface area contributed by atoms with Gasteiger partial charge in [-0.2, -0.15) is 0 Å². The van der Waals surface area contributed by atoms with Gasteiger partial charge in [-0.25, -0.2) is 0 Å². The van der Waals surface area contributed by atoms with Gasteiger partial charge >= 0.3 is 0 Å². The first kappa shape index (κ1) is 21.0. The van der Waals surface area contributed by atoms with Crippen LogP contribution in [0, 0.1) is 0 Å². The lowest BCUT2D eigenvalue weighted by Crippen LogP contribution is -2.20. The molecule has 0 bridgehead atoms. The van der Waals surface area contributed by atoms with Gasteiger partial charge in [0.2, 0.25) is 5.13 Å². The fraction of sp³-hybridized carbons (Fsp3) is 0.316. The van der Waals surface area contributed by atoms with E-state index in [0.717, 1.165) is 10.1 Å². The van der Waals surface area contributed by atoms with Crippen LogP contribution in [0.3, 0.4) is 0 Å². The van der Waals surface area contributed by atoms with E-state index in [1.165, 1.54) is 39.7 Å². The van der Waals surface area contributed by atoms with Crippen molar-refractivity contribution in [3.8, 4) is 5.75 Å². The van der Waals surface area contributed by atoms with E-state index in [1.54, 1.807) is 23.1 Å². The zero-order chi connectivity index (χ0) is 19.9. The highest BCUT2D eigenvalue weighted by molar-refractivity contribution is 8.16. The Kier molecular flexibility index (Phi) is 7.78. The van der Waals surface area contributed by atoms with Crippen molar-refractivity contribution in [2.24, 2.45) is 0 Å². The van der Waals surface area contributed by atoms with Crippen LogP contribution < -0.4 is 10.1 Å². The maximum absolute atomic E-state index is 12.1. The third-order valence-electron chi connectivity index (χ3n) is 3.92. The Morgan fingerprint density at radius 2 is 2.00 bits per heavy atom. The Morgan fingerprint density at radius 1 is 1.17 bits per heavy atom. The van der Waals surface area contributed by atoms with Gasteiger partial charge in [0, 0.05) is 10.6 Å². The lowest BCUT2D eigenvalue weighted by molar-refractivity contribution is -0.118. The standard InChI is InChI=1S/C19H19N3O2S5/c23-16(20-18-21-22-19(29-18)28-12-15-3-1-8-25-15)11-24-14-6-4-13(5-7-14)17-26-9-2-10-27-17/h1,3-8,17H,2,9-12H2,(H,20,21,23). The summed E-state index contributed by atoms with van der Waals surface area (Å²) < 4.78 is 6.95. The number of hydrogen-bond donors (Lipinski definition) is 1. The Labute approximate surface area is 190 Å². The summed E-state index contributed by atoms with van der Waals surface area (Å²) in [6.07, 6.45) is 1.28. The quantitative estimate of drug-likeness (QED) is 0.323. The fourth-order valence-electron chi connectivity index (χ4n) is 2.55. The van der Waals surface area contributed by atoms with Crippen LogP contribution in [0.25, 0.3) is 0 Å². The van der Waals surface area contributed by atoms with Crippen molar-refractivity contribution in [2.75, 3.05) is 23.4 Å². The number of nitrogens with one attached hydrogen (secondary N) is 1. The van der Waals surface area contributed by atoms with Crippen molar-refractivity contribution in [1.29, 1.82) is 0 Å². The molecule has 0 aliphatic carbocycles. The Balaban J connectivity index is 1.21. The summed E-state index contributed by atoms with van der Waals surface area (Å²) in [5, 5.41) is 13.5. The first-order chi connectivity index (χ1) is 14.3. The van der Waals surface area contributed by atoms with Gasteiger partial charge in [-0.15, -0.1) is 45.1 Å². The minimum atomic E-state index is -0.238. The number of carbonyl (C=O) groups excluding carboxylic acids is 1. The van der Waals surface area contributed by atoms with E-state index in [1.807, 2.05) is 41.7 Å². The highest BCUT2D eigenvalue weighted by Gasteiger charge is 2.16. The largest absolute Gasteiger partial charge is 0.484 e. The highest BCUT2D eigenvalue weighted by atomic mass is 32.2. The normalized spacial score (nSPS) is 14.6. The molecule has 1 saturated heterocycles. The van der Waals surface area contributed by atoms with E-state index in [0.29, 0.717) is 15.5 Å². The molecular weight excluding hydrogens is 463 g/mol. The van der Waals surface area contributed by atoms with Crippen LogP contribution in [-0.2, 0) is 10.5 Å². The number of anilines is 1. The molecule has 3 heterocycles. The van der Waals surface area contributed by atoms with Crippen LogP contribution in [0.2, 0.25) is 0 Å². The predicted octanol–water partition coefficient (Wildman–Crippen LogP) is 5.78. The van der Waals surface area contributed by atoms with Crippen LogP contribution >= 0.6 is 58.0 Å². The monoisotopic (exact) mass is 481 g/mol. The molecule has 0 saturated carbocycles. The van der Waals surface area contributed by atoms with Gasteiger partial charge < -0.3 is 4.74 Å². The van der Waals surface area contributed by atoms with Gasteiger partial charge in [0.15, 0.2) is 10.9 Å². The zero-order valence-corrected chi connectivity index (χ0v) is 19.5. The second kappa shape index (κ2) is 10.7. The minimum absolute atomic E-state index is 0.0521. The van der Waals surface area contributed by atoms with Crippen LogP contribution in [0.15, 0.2) is 46.1 Å². The smallest absolute Gasteiger partial charge is 0.264 e. The molecule has 5 nitrogen and oxygen atoms in total. The van der Waals surface area contributed by atoms with Gasteiger partial charge in [0.25, 0.3) is 5.91 Å². The Morgan fingerprint density at radius 3 is 2.76 bits per heavy atom. The number of nitrogens with zero attached hydrogens (tertiary/aromatic N) is 2. The van der Waals surface area contributed by atoms with Crippen molar-refractivity contribution in [3.63, 3.8) is 0 Å². The van der Waals surface area contributed by atoms with Gasteiger partial charge in [-0.05, 0) is 47.1 Å². The topological polar surface area (TPSA) is 64.1 Å². The van der Waals surface area contributed by atoms with E-state index in [-0.39, 0.29) is 12.5 Å². The number of amides is 1. The Bertz CT molecular complexity index is 908. The number of benzene rings is 1. The number of thioether (sulfide) groups is 3. The summed E-state index contributed by atoms with van der Waals surface area (Å²) in [5.41, 5.74) is 1.30. The minimum Gasteiger partial charge on any atom is -0.484 e. The van der Waals surface area contributed by atoms with Crippen molar-refractivity contribution in [3.05, 3.63) is 52.2 Å². The van der Waals surface area contributed by atoms with E-state index in [9.17, 15) is 4.79 Å². The molecule has 4 rings (SSSR count). The van der Waals surface area contributed by atoms with Crippen LogP contribution in [-0.4, -0.2) is 34.2 Å². The van der Waals surface area contributed by atoms with E-state index >= 15 is 0 Å². The molecule has 0 unspecified atom stereocenters. The molecule has 1 amide bonds. The summed E-state index contributed by atoms with van der Waals surface area (Å²) >= 11 is 8.70. The number of rotatable bonds is 8. The molecule has 1 fully saturated rings. The average molecular weight is 482 g/mol. The van der Waals surface area contributed by atoms with Crippen molar-refractivity contribution >= 4 is 69.0 Å². The lowest BCUT2D eigenvalue weighted by atomic mass is 10.2. The summed E-state index contributed by atoms with van der Waals surface area (Å²) in [6, 6.07) is 12.2. The summed E-state index contributed by atoms with van der Waals surface area (Å²) in [6.45, 7) is -0.0521. The van der Waals surface area contributed by atoms with Gasteiger partial charge in [-0.3, -0.25) is 10.1 Å². The molecule has 1 aromatic carbocycles. The number of carbonyl (C=O) groups is 1. The molecule has 1 N–H and O–H groups in total. The molecule has 3 aromatic rings. The maximum atomic E-state index is 12.1. The average Bonchev–Trinajstić information content (AvgIpc) is 3.44. The molecular formula is C19H19N3O2S5. The molecule has 1 aliphatic heterocycles. The van der Waals surface area contributed by atoms with Crippen molar-refractivity contribution < 1.29 is 9.53 Å². The second-order valence-corrected chi connectivity index (χ2v) is 12.0. The SMILES string of the molecule is O=C(COc1ccc(C2SCCCS2)cc1)Nc1nnc(SCc2cccs2)s1. The molecule has 1 aliphatic rings. The molecule has 29 heavy (non-hydrogen) atoms. The molecule has 152 valence electrons. The summed E-state index contributed by atoms with van der Waals surface area (Å²) in [4.78, 5) is 13.4. The molecule has 0 radical (unpaired) electrons. The highest BCUT2D eigenvalue weighted by Crippen LogP contribution is 2.43. The maximum Gasteiger partial charge on any atom is 0.264 e. The zero-order valence-electron chi connectivity index (χ0n) is 15.4. The van der Waals surface area contributed by atoms with Crippen LogP contribution in [0.5, 0.6) is 5.75 Å². The van der Waals surface area contributed by atoms with Gasteiger partial charge in [-0.1, -0.05) is 41.3 Å². The molecule has 10 heteroatoms. The Hall–Kier alpha value is -1.20. The van der Waals surface area contributed by atoms with Crippen LogP contribution in [0.4, 0.5) is 5.13 Å². The van der Waals surface area contributed by atoms with Gasteiger partial charge in [0.1, 0.15) is 5.75 Å². The number of ether oxygens (including phenoxy) is 1. The number of aromatic nitrogens is 2. The number of thiophene rings is 1. The van der Waals surface area contributed by atoms with Gasteiger partial charge in [0.05, 0.1) is 4.58 Å². The van der Waals surface area contributed by atoms with Crippen molar-refractivity contribution in [2.45, 2.75) is 21.1 Å².